The number of anilines is 1. The van der Waals surface area contributed by atoms with Crippen molar-refractivity contribution < 1.29 is 9.90 Å². The molecule has 0 aliphatic carbocycles. The van der Waals surface area contributed by atoms with E-state index >= 15 is 0 Å². The summed E-state index contributed by atoms with van der Waals surface area (Å²) >= 11 is 0. The lowest BCUT2D eigenvalue weighted by molar-refractivity contribution is -0.112. The van der Waals surface area contributed by atoms with Gasteiger partial charge in [-0.15, -0.1) is 0 Å². The van der Waals surface area contributed by atoms with Gasteiger partial charge in [-0.25, -0.2) is 0 Å². The van der Waals surface area contributed by atoms with Crippen molar-refractivity contribution >= 4 is 17.7 Å². The van der Waals surface area contributed by atoms with Gasteiger partial charge in [0.25, 0.3) is 5.91 Å². The number of rotatable bonds is 4. The van der Waals surface area contributed by atoms with E-state index in [2.05, 4.69) is 10.3 Å². The van der Waals surface area contributed by atoms with Gasteiger partial charge in [0.15, 0.2) is 0 Å². The van der Waals surface area contributed by atoms with Crippen LogP contribution in [0.15, 0.2) is 60.4 Å². The van der Waals surface area contributed by atoms with Gasteiger partial charge >= 0.3 is 0 Å². The van der Waals surface area contributed by atoms with E-state index in [1.807, 2.05) is 42.7 Å². The van der Waals surface area contributed by atoms with E-state index in [-0.39, 0.29) is 11.3 Å². The predicted molar refractivity (Wildman–Crippen MR) is 103 cm³/mol. The van der Waals surface area contributed by atoms with Crippen LogP contribution >= 0.6 is 0 Å². The maximum Gasteiger partial charge on any atom is 0.266 e. The van der Waals surface area contributed by atoms with Crippen LogP contribution in [0.25, 0.3) is 11.8 Å². The fourth-order valence-electron chi connectivity index (χ4n) is 2.87. The number of aromatic hydroxyl groups is 1. The number of hydrogen-bond acceptors (Lipinski definition) is 4. The monoisotopic (exact) mass is 358 g/mol. The number of aryl methyl sites for hydroxylation is 1. The van der Waals surface area contributed by atoms with E-state index in [4.69, 9.17) is 0 Å². The highest BCUT2D eigenvalue weighted by Crippen LogP contribution is 2.23. The predicted octanol–water partition coefficient (Wildman–Crippen LogP) is 3.74. The van der Waals surface area contributed by atoms with Crippen molar-refractivity contribution in [2.45, 2.75) is 13.8 Å². The average molecular weight is 358 g/mol. The number of phenolic OH excluding ortho intramolecular Hbond substituents is 1. The number of benzene rings is 1. The van der Waals surface area contributed by atoms with E-state index in [0.717, 1.165) is 22.6 Å². The summed E-state index contributed by atoms with van der Waals surface area (Å²) in [6.45, 7) is 3.90. The van der Waals surface area contributed by atoms with Gasteiger partial charge in [-0.3, -0.25) is 9.78 Å². The van der Waals surface area contributed by atoms with Crippen LogP contribution in [0.1, 0.15) is 17.0 Å². The molecule has 0 radical (unpaired) electrons. The molecular weight excluding hydrogens is 340 g/mol. The minimum atomic E-state index is -0.503. The normalized spacial score (nSPS) is 11.1. The number of nitrogens with one attached hydrogen (secondary N) is 1. The van der Waals surface area contributed by atoms with Crippen LogP contribution in [-0.4, -0.2) is 20.6 Å². The Labute approximate surface area is 157 Å². The molecule has 2 heterocycles. The Kier molecular flexibility index (Phi) is 5.04. The van der Waals surface area contributed by atoms with Gasteiger partial charge in [0.05, 0.1) is 0 Å². The summed E-state index contributed by atoms with van der Waals surface area (Å²) in [6.07, 6.45) is 5.01. The zero-order valence-electron chi connectivity index (χ0n) is 15.0. The van der Waals surface area contributed by atoms with Crippen LogP contribution in [0.5, 0.6) is 5.75 Å². The van der Waals surface area contributed by atoms with Crippen molar-refractivity contribution in [1.82, 2.24) is 9.55 Å². The number of nitrogens with zero attached hydrogens (tertiary/aromatic N) is 3. The first-order chi connectivity index (χ1) is 13.0. The van der Waals surface area contributed by atoms with Crippen molar-refractivity contribution in [2.24, 2.45) is 0 Å². The van der Waals surface area contributed by atoms with Crippen molar-refractivity contribution in [1.29, 1.82) is 5.26 Å². The molecule has 6 nitrogen and oxygen atoms in total. The van der Waals surface area contributed by atoms with Crippen LogP contribution in [0, 0.1) is 25.2 Å². The molecule has 3 rings (SSSR count). The van der Waals surface area contributed by atoms with Gasteiger partial charge < -0.3 is 15.0 Å². The molecular formula is C21H18N4O2. The molecule has 0 spiro atoms. The fourth-order valence-corrected chi connectivity index (χ4v) is 2.87. The fraction of sp³-hybridized carbons (Fsp3) is 0.0952. The molecule has 6 heteroatoms. The molecule has 0 saturated carbocycles. The van der Waals surface area contributed by atoms with E-state index in [0.29, 0.717) is 5.69 Å². The number of hydrogen-bond donors (Lipinski definition) is 2. The Morgan fingerprint density at radius 1 is 1.19 bits per heavy atom. The van der Waals surface area contributed by atoms with Gasteiger partial charge in [-0.05, 0) is 68.0 Å². The van der Waals surface area contributed by atoms with Gasteiger partial charge in [-0.1, -0.05) is 0 Å². The number of carbonyl (C=O) groups is 1. The van der Waals surface area contributed by atoms with Gasteiger partial charge in [0, 0.05) is 35.2 Å². The van der Waals surface area contributed by atoms with Crippen LogP contribution < -0.4 is 5.32 Å². The van der Waals surface area contributed by atoms with Crippen LogP contribution in [0.4, 0.5) is 5.69 Å². The highest BCUT2D eigenvalue weighted by atomic mass is 16.3. The van der Waals surface area contributed by atoms with Crippen molar-refractivity contribution in [3.63, 3.8) is 0 Å². The first kappa shape index (κ1) is 18.0. The van der Waals surface area contributed by atoms with E-state index in [9.17, 15) is 15.2 Å². The molecule has 0 saturated heterocycles. The SMILES string of the molecule is Cc1cc(C=C(C#N)C(=O)Nc2ccc(O)cc2)c(C)n1-c1ccncc1. The first-order valence-electron chi connectivity index (χ1n) is 8.31. The lowest BCUT2D eigenvalue weighted by Crippen LogP contribution is -2.13. The minimum absolute atomic E-state index is 0.00180. The van der Waals surface area contributed by atoms with Gasteiger partial charge in [0.2, 0.25) is 0 Å². The standard InChI is InChI=1S/C21H18N4O2/c1-14-11-16(15(2)25(14)19-7-9-23-10-8-19)12-17(13-22)21(27)24-18-3-5-20(26)6-4-18/h3-12,26H,1-2H3,(H,24,27). The average Bonchev–Trinajstić information content (AvgIpc) is 2.95. The lowest BCUT2D eigenvalue weighted by atomic mass is 10.1. The second kappa shape index (κ2) is 7.58. The molecule has 0 atom stereocenters. The smallest absolute Gasteiger partial charge is 0.266 e. The largest absolute Gasteiger partial charge is 0.508 e. The van der Waals surface area contributed by atoms with Gasteiger partial charge in [-0.2, -0.15) is 5.26 Å². The highest BCUT2D eigenvalue weighted by Gasteiger charge is 2.14. The third-order valence-electron chi connectivity index (χ3n) is 4.18. The Balaban J connectivity index is 1.91. The molecule has 3 aromatic rings. The summed E-state index contributed by atoms with van der Waals surface area (Å²) in [5, 5.41) is 21.4. The summed E-state index contributed by atoms with van der Waals surface area (Å²) in [5.41, 5.74) is 4.16. The van der Waals surface area contributed by atoms with E-state index < -0.39 is 5.91 Å². The molecule has 1 amide bonds. The number of pyridine rings is 1. The second-order valence-electron chi connectivity index (χ2n) is 6.04. The van der Waals surface area contributed by atoms with Crippen molar-refractivity contribution in [3.8, 4) is 17.5 Å². The summed E-state index contributed by atoms with van der Waals surface area (Å²) in [5.74, 6) is -0.399. The minimum Gasteiger partial charge on any atom is -0.508 e. The number of aromatic nitrogens is 2. The maximum absolute atomic E-state index is 12.4. The quantitative estimate of drug-likeness (QED) is 0.422. The second-order valence-corrected chi connectivity index (χ2v) is 6.04. The Bertz CT molecular complexity index is 1040. The molecule has 0 unspecified atom stereocenters. The molecule has 1 aromatic carbocycles. The first-order valence-corrected chi connectivity index (χ1v) is 8.31. The molecule has 0 fully saturated rings. The van der Waals surface area contributed by atoms with Crippen LogP contribution in [0.2, 0.25) is 0 Å². The van der Waals surface area contributed by atoms with Crippen LogP contribution in [-0.2, 0) is 4.79 Å². The lowest BCUT2D eigenvalue weighted by Gasteiger charge is -2.09. The summed E-state index contributed by atoms with van der Waals surface area (Å²) in [7, 11) is 0. The Morgan fingerprint density at radius 2 is 1.85 bits per heavy atom. The Morgan fingerprint density at radius 3 is 2.48 bits per heavy atom. The number of phenols is 1. The highest BCUT2D eigenvalue weighted by molar-refractivity contribution is 6.09. The molecule has 27 heavy (non-hydrogen) atoms. The number of carbonyl (C=O) groups excluding carboxylic acids is 1. The molecule has 0 bridgehead atoms. The zero-order valence-corrected chi connectivity index (χ0v) is 15.0. The summed E-state index contributed by atoms with van der Waals surface area (Å²) in [6, 6.07) is 13.8. The van der Waals surface area contributed by atoms with E-state index in [1.54, 1.807) is 30.6 Å². The maximum atomic E-state index is 12.4. The van der Waals surface area contributed by atoms with Gasteiger partial charge in [0.1, 0.15) is 17.4 Å². The molecule has 2 N–H and O–H groups in total. The van der Waals surface area contributed by atoms with Crippen molar-refractivity contribution in [3.05, 3.63) is 77.4 Å². The van der Waals surface area contributed by atoms with Crippen molar-refractivity contribution in [2.75, 3.05) is 5.32 Å². The van der Waals surface area contributed by atoms with E-state index in [1.165, 1.54) is 12.1 Å². The third kappa shape index (κ3) is 3.88. The topological polar surface area (TPSA) is 90.9 Å². The number of nitriles is 1. The summed E-state index contributed by atoms with van der Waals surface area (Å²) < 4.78 is 2.04. The Hall–Kier alpha value is -3.85. The number of amides is 1. The van der Waals surface area contributed by atoms with Crippen LogP contribution in [0.3, 0.4) is 0 Å². The molecule has 0 aliphatic rings. The zero-order chi connectivity index (χ0) is 19.4. The summed E-state index contributed by atoms with van der Waals surface area (Å²) in [4.78, 5) is 16.5. The molecule has 134 valence electrons. The molecule has 2 aromatic heterocycles. The third-order valence-corrected chi connectivity index (χ3v) is 4.18. The molecule has 0 aliphatic heterocycles.